The van der Waals surface area contributed by atoms with E-state index in [1.165, 1.54) is 17.8 Å². The molecule has 0 saturated heterocycles. The van der Waals surface area contributed by atoms with Crippen molar-refractivity contribution in [2.75, 3.05) is 11.1 Å². The van der Waals surface area contributed by atoms with Crippen molar-refractivity contribution in [1.82, 2.24) is 14.8 Å². The second-order valence-corrected chi connectivity index (χ2v) is 7.05. The van der Waals surface area contributed by atoms with E-state index < -0.39 is 4.92 Å². The molecule has 0 spiro atoms. The maximum atomic E-state index is 12.2. The van der Waals surface area contributed by atoms with E-state index >= 15 is 0 Å². The van der Waals surface area contributed by atoms with Crippen LogP contribution in [0.5, 0.6) is 0 Å². The van der Waals surface area contributed by atoms with E-state index in [4.69, 9.17) is 0 Å². The second kappa shape index (κ2) is 7.69. The third-order valence-corrected chi connectivity index (χ3v) is 4.99. The molecule has 26 heavy (non-hydrogen) atoms. The Morgan fingerprint density at radius 2 is 2.27 bits per heavy atom. The Hall–Kier alpha value is -2.68. The summed E-state index contributed by atoms with van der Waals surface area (Å²) in [7, 11) is 0. The zero-order valence-corrected chi connectivity index (χ0v) is 15.2. The van der Waals surface area contributed by atoms with Crippen LogP contribution in [-0.2, 0) is 11.3 Å². The molecular formula is C17H19N5O3S. The lowest BCUT2D eigenvalue weighted by Crippen LogP contribution is -2.15. The number of hydrogen-bond acceptors (Lipinski definition) is 6. The molecule has 1 saturated carbocycles. The smallest absolute Gasteiger partial charge is 0.274 e. The molecule has 0 aliphatic heterocycles. The normalized spacial score (nSPS) is 13.4. The van der Waals surface area contributed by atoms with Crippen LogP contribution in [0.3, 0.4) is 0 Å². The fraction of sp³-hybridized carbons (Fsp3) is 0.353. The van der Waals surface area contributed by atoms with Crippen LogP contribution in [0, 0.1) is 17.0 Å². The largest absolute Gasteiger partial charge is 0.325 e. The first-order valence-corrected chi connectivity index (χ1v) is 9.20. The van der Waals surface area contributed by atoms with Gasteiger partial charge in [-0.2, -0.15) is 0 Å². The standard InChI is InChI=1S/C17H19N5O3S/c1-3-8-21-16(12-5-6-12)19-20-17(21)26-10-15(23)18-13-7-4-11(2)14(9-13)22(24)25/h3-4,7,9,12H,1,5-6,8,10H2,2H3,(H,18,23). The zero-order valence-electron chi connectivity index (χ0n) is 14.3. The van der Waals surface area contributed by atoms with Crippen LogP contribution in [0.15, 0.2) is 36.0 Å². The third kappa shape index (κ3) is 4.10. The van der Waals surface area contributed by atoms with E-state index in [0.29, 0.717) is 28.9 Å². The maximum Gasteiger partial charge on any atom is 0.274 e. The van der Waals surface area contributed by atoms with Gasteiger partial charge in [-0.3, -0.25) is 14.9 Å². The number of rotatable bonds is 8. The minimum Gasteiger partial charge on any atom is -0.325 e. The molecular weight excluding hydrogens is 354 g/mol. The summed E-state index contributed by atoms with van der Waals surface area (Å²) in [6.07, 6.45) is 4.02. The van der Waals surface area contributed by atoms with E-state index in [1.54, 1.807) is 25.1 Å². The Bertz CT molecular complexity index is 860. The van der Waals surface area contributed by atoms with Gasteiger partial charge in [0.25, 0.3) is 5.69 Å². The number of benzene rings is 1. The van der Waals surface area contributed by atoms with Crippen LogP contribution >= 0.6 is 11.8 Å². The summed E-state index contributed by atoms with van der Waals surface area (Å²) in [6, 6.07) is 4.63. The highest BCUT2D eigenvalue weighted by Crippen LogP contribution is 2.40. The number of thioether (sulfide) groups is 1. The van der Waals surface area contributed by atoms with Crippen LogP contribution in [0.1, 0.15) is 30.1 Å². The molecule has 8 nitrogen and oxygen atoms in total. The summed E-state index contributed by atoms with van der Waals surface area (Å²) in [6.45, 7) is 6.02. The molecule has 0 radical (unpaired) electrons. The van der Waals surface area contributed by atoms with E-state index in [-0.39, 0.29) is 17.3 Å². The third-order valence-electron chi connectivity index (χ3n) is 4.02. The number of anilines is 1. The minimum absolute atomic E-state index is 0.0183. The number of nitro groups is 1. The molecule has 1 N–H and O–H groups in total. The first kappa shape index (κ1) is 18.1. The lowest BCUT2D eigenvalue weighted by Gasteiger charge is -2.08. The fourth-order valence-electron chi connectivity index (χ4n) is 2.56. The monoisotopic (exact) mass is 373 g/mol. The quantitative estimate of drug-likeness (QED) is 0.330. The number of carbonyl (C=O) groups excluding carboxylic acids is 1. The highest BCUT2D eigenvalue weighted by atomic mass is 32.2. The highest BCUT2D eigenvalue weighted by Gasteiger charge is 2.30. The fourth-order valence-corrected chi connectivity index (χ4v) is 3.32. The molecule has 136 valence electrons. The first-order chi connectivity index (χ1) is 12.5. The van der Waals surface area contributed by atoms with E-state index in [9.17, 15) is 14.9 Å². The molecule has 0 bridgehead atoms. The lowest BCUT2D eigenvalue weighted by atomic mass is 10.2. The van der Waals surface area contributed by atoms with Gasteiger partial charge in [-0.1, -0.05) is 23.9 Å². The molecule has 0 atom stereocenters. The number of nitro benzene ring substituents is 1. The van der Waals surface area contributed by atoms with Gasteiger partial charge in [0.1, 0.15) is 5.82 Å². The van der Waals surface area contributed by atoms with E-state index in [1.807, 2.05) is 4.57 Å². The average Bonchev–Trinajstić information content (AvgIpc) is 3.37. The molecule has 9 heteroatoms. The zero-order chi connectivity index (χ0) is 18.7. The van der Waals surface area contributed by atoms with Crippen LogP contribution in [0.2, 0.25) is 0 Å². The number of aromatic nitrogens is 3. The molecule has 1 aliphatic rings. The Morgan fingerprint density at radius 1 is 1.50 bits per heavy atom. The molecule has 1 heterocycles. The molecule has 1 aromatic carbocycles. The van der Waals surface area contributed by atoms with E-state index in [0.717, 1.165) is 18.7 Å². The number of aryl methyl sites for hydroxylation is 1. The van der Waals surface area contributed by atoms with Crippen molar-refractivity contribution in [1.29, 1.82) is 0 Å². The molecule has 1 amide bonds. The molecule has 0 unspecified atom stereocenters. The summed E-state index contributed by atoms with van der Waals surface area (Å²) in [4.78, 5) is 22.7. The summed E-state index contributed by atoms with van der Waals surface area (Å²) in [5.74, 6) is 1.29. The number of hydrogen-bond donors (Lipinski definition) is 1. The minimum atomic E-state index is -0.461. The average molecular weight is 373 g/mol. The van der Waals surface area contributed by atoms with Gasteiger partial charge in [0.15, 0.2) is 5.16 Å². The Balaban J connectivity index is 1.63. The number of nitrogens with one attached hydrogen (secondary N) is 1. The second-order valence-electron chi connectivity index (χ2n) is 6.11. The van der Waals surface area contributed by atoms with Gasteiger partial charge in [-0.25, -0.2) is 0 Å². The highest BCUT2D eigenvalue weighted by molar-refractivity contribution is 7.99. The van der Waals surface area contributed by atoms with Gasteiger partial charge in [0.2, 0.25) is 5.91 Å². The van der Waals surface area contributed by atoms with Crippen molar-refractivity contribution in [2.24, 2.45) is 0 Å². The topological polar surface area (TPSA) is 103 Å². The maximum absolute atomic E-state index is 12.2. The Morgan fingerprint density at radius 3 is 2.92 bits per heavy atom. The van der Waals surface area contributed by atoms with E-state index in [2.05, 4.69) is 22.1 Å². The van der Waals surface area contributed by atoms with Gasteiger partial charge in [-0.05, 0) is 25.8 Å². The summed E-state index contributed by atoms with van der Waals surface area (Å²) in [5.41, 5.74) is 0.932. The van der Waals surface area contributed by atoms with Gasteiger partial charge in [0.05, 0.1) is 10.7 Å². The summed E-state index contributed by atoms with van der Waals surface area (Å²) < 4.78 is 1.99. The van der Waals surface area contributed by atoms with Crippen LogP contribution in [0.4, 0.5) is 11.4 Å². The lowest BCUT2D eigenvalue weighted by molar-refractivity contribution is -0.385. The van der Waals surface area contributed by atoms with Crippen LogP contribution < -0.4 is 5.32 Å². The van der Waals surface area contributed by atoms with Gasteiger partial charge in [-0.15, -0.1) is 16.8 Å². The SMILES string of the molecule is C=CCn1c(SCC(=O)Nc2ccc(C)c([N+](=O)[O-])c2)nnc1C1CC1. The number of amides is 1. The first-order valence-electron chi connectivity index (χ1n) is 8.21. The van der Waals surface area contributed by atoms with Crippen LogP contribution in [0.25, 0.3) is 0 Å². The molecule has 3 rings (SSSR count). The Labute approximate surface area is 154 Å². The van der Waals surface area contributed by atoms with Crippen molar-refractivity contribution >= 4 is 29.0 Å². The number of nitrogens with zero attached hydrogens (tertiary/aromatic N) is 4. The van der Waals surface area contributed by atoms with Crippen LogP contribution in [-0.4, -0.2) is 31.3 Å². The van der Waals surface area contributed by atoms with Gasteiger partial charge < -0.3 is 9.88 Å². The predicted octanol–water partition coefficient (Wildman–Crippen LogP) is 3.29. The molecule has 2 aromatic rings. The molecule has 1 fully saturated rings. The van der Waals surface area contributed by atoms with Gasteiger partial charge >= 0.3 is 0 Å². The van der Waals surface area contributed by atoms with Gasteiger partial charge in [0, 0.05) is 29.8 Å². The molecule has 1 aromatic heterocycles. The van der Waals surface area contributed by atoms with Crippen molar-refractivity contribution in [3.63, 3.8) is 0 Å². The molecule has 1 aliphatic carbocycles. The van der Waals surface area contributed by atoms with Crippen molar-refractivity contribution in [2.45, 2.75) is 37.4 Å². The van der Waals surface area contributed by atoms with Crippen molar-refractivity contribution in [3.8, 4) is 0 Å². The van der Waals surface area contributed by atoms with Crippen molar-refractivity contribution < 1.29 is 9.72 Å². The van der Waals surface area contributed by atoms with Crippen molar-refractivity contribution in [3.05, 3.63) is 52.4 Å². The number of carbonyl (C=O) groups is 1. The predicted molar refractivity (Wildman–Crippen MR) is 99.4 cm³/mol. The summed E-state index contributed by atoms with van der Waals surface area (Å²) >= 11 is 1.29. The summed E-state index contributed by atoms with van der Waals surface area (Å²) in [5, 5.41) is 22.8. The number of allylic oxidation sites excluding steroid dienone is 1. The Kier molecular flexibility index (Phi) is 5.36.